The summed E-state index contributed by atoms with van der Waals surface area (Å²) >= 11 is 7.86. The standard InChI is InChI=1S/C21H17ClFN3O2S/c1-28-12-6-7-17-13(10-12)18-19(20(27)25-8-3-9-29-21(25)24-18)26(17)11-14-15(22)4-2-5-16(14)23/h2,4-7,10H,3,8-9,11H2,1H3. The Morgan fingerprint density at radius 1 is 1.31 bits per heavy atom. The lowest BCUT2D eigenvalue weighted by atomic mass is 10.2. The highest BCUT2D eigenvalue weighted by atomic mass is 35.5. The van der Waals surface area contributed by atoms with Gasteiger partial charge in [-0.05, 0) is 36.8 Å². The Morgan fingerprint density at radius 3 is 2.97 bits per heavy atom. The molecular weight excluding hydrogens is 413 g/mol. The van der Waals surface area contributed by atoms with Crippen LogP contribution in [0.3, 0.4) is 0 Å². The van der Waals surface area contributed by atoms with Gasteiger partial charge in [0.05, 0.1) is 19.2 Å². The van der Waals surface area contributed by atoms with Crippen molar-refractivity contribution in [1.82, 2.24) is 14.1 Å². The van der Waals surface area contributed by atoms with Gasteiger partial charge in [0.2, 0.25) is 0 Å². The van der Waals surface area contributed by atoms with E-state index in [-0.39, 0.29) is 12.1 Å². The number of hydrogen-bond donors (Lipinski definition) is 0. The molecule has 0 spiro atoms. The fourth-order valence-electron chi connectivity index (χ4n) is 3.84. The molecule has 0 saturated carbocycles. The average Bonchev–Trinajstić information content (AvgIpc) is 3.04. The highest BCUT2D eigenvalue weighted by Gasteiger charge is 2.23. The van der Waals surface area contributed by atoms with Gasteiger partial charge in [0.25, 0.3) is 5.56 Å². The van der Waals surface area contributed by atoms with E-state index < -0.39 is 5.82 Å². The Labute approximate surface area is 175 Å². The van der Waals surface area contributed by atoms with Crippen molar-refractivity contribution in [1.29, 1.82) is 0 Å². The lowest BCUT2D eigenvalue weighted by molar-refractivity contribution is 0.415. The second-order valence-electron chi connectivity index (χ2n) is 6.92. The zero-order chi connectivity index (χ0) is 20.1. The van der Waals surface area contributed by atoms with E-state index >= 15 is 0 Å². The maximum Gasteiger partial charge on any atom is 0.278 e. The third-order valence-corrected chi connectivity index (χ3v) is 6.68. The zero-order valence-electron chi connectivity index (χ0n) is 15.6. The predicted octanol–water partition coefficient (Wildman–Crippen LogP) is 4.70. The van der Waals surface area contributed by atoms with E-state index in [1.165, 1.54) is 6.07 Å². The van der Waals surface area contributed by atoms with Crippen molar-refractivity contribution in [3.63, 3.8) is 0 Å². The summed E-state index contributed by atoms with van der Waals surface area (Å²) in [5.41, 5.74) is 2.09. The molecule has 2 aromatic heterocycles. The van der Waals surface area contributed by atoms with E-state index in [9.17, 15) is 9.18 Å². The van der Waals surface area contributed by atoms with Crippen LogP contribution in [0.15, 0.2) is 46.3 Å². The quantitative estimate of drug-likeness (QED) is 0.443. The van der Waals surface area contributed by atoms with Crippen molar-refractivity contribution in [3.8, 4) is 5.75 Å². The number of thioether (sulfide) groups is 1. The Hall–Kier alpha value is -2.51. The summed E-state index contributed by atoms with van der Waals surface area (Å²) in [5, 5.41) is 1.85. The fourth-order valence-corrected chi connectivity index (χ4v) is 5.01. The molecule has 29 heavy (non-hydrogen) atoms. The molecule has 0 bridgehead atoms. The second kappa shape index (κ2) is 7.07. The topological polar surface area (TPSA) is 49.1 Å². The molecule has 0 amide bonds. The van der Waals surface area contributed by atoms with Crippen molar-refractivity contribution in [3.05, 3.63) is 63.2 Å². The molecule has 8 heteroatoms. The van der Waals surface area contributed by atoms with Crippen LogP contribution in [0.4, 0.5) is 4.39 Å². The Balaban J connectivity index is 1.87. The molecule has 0 unspecified atom stereocenters. The lowest BCUT2D eigenvalue weighted by Gasteiger charge is -2.17. The molecule has 5 nitrogen and oxygen atoms in total. The number of ether oxygens (including phenoxy) is 1. The number of methoxy groups -OCH3 is 1. The third-order valence-electron chi connectivity index (χ3n) is 5.27. The highest BCUT2D eigenvalue weighted by Crippen LogP contribution is 2.33. The van der Waals surface area contributed by atoms with Gasteiger partial charge < -0.3 is 9.30 Å². The van der Waals surface area contributed by atoms with Gasteiger partial charge in [-0.2, -0.15) is 0 Å². The van der Waals surface area contributed by atoms with Gasteiger partial charge >= 0.3 is 0 Å². The van der Waals surface area contributed by atoms with Gasteiger partial charge in [0, 0.05) is 28.3 Å². The first-order valence-corrected chi connectivity index (χ1v) is 10.6. The van der Waals surface area contributed by atoms with Gasteiger partial charge in [-0.25, -0.2) is 9.37 Å². The number of halogens is 2. The number of aromatic nitrogens is 3. The van der Waals surface area contributed by atoms with Crippen LogP contribution in [0.2, 0.25) is 5.02 Å². The average molecular weight is 430 g/mol. The maximum absolute atomic E-state index is 14.5. The molecule has 3 heterocycles. The van der Waals surface area contributed by atoms with Gasteiger partial charge in [-0.3, -0.25) is 9.36 Å². The highest BCUT2D eigenvalue weighted by molar-refractivity contribution is 7.99. The van der Waals surface area contributed by atoms with Crippen LogP contribution in [-0.2, 0) is 13.1 Å². The summed E-state index contributed by atoms with van der Waals surface area (Å²) in [6.45, 7) is 0.774. The first kappa shape index (κ1) is 18.5. The predicted molar refractivity (Wildman–Crippen MR) is 114 cm³/mol. The lowest BCUT2D eigenvalue weighted by Crippen LogP contribution is -2.27. The van der Waals surface area contributed by atoms with Gasteiger partial charge in [0.1, 0.15) is 22.6 Å². The number of hydrogen-bond acceptors (Lipinski definition) is 4. The van der Waals surface area contributed by atoms with Gasteiger partial charge in [0.15, 0.2) is 5.16 Å². The van der Waals surface area contributed by atoms with E-state index in [0.717, 1.165) is 28.2 Å². The molecule has 0 atom stereocenters. The van der Waals surface area contributed by atoms with E-state index in [0.29, 0.717) is 33.9 Å². The molecule has 0 N–H and O–H groups in total. The minimum Gasteiger partial charge on any atom is -0.497 e. The summed E-state index contributed by atoms with van der Waals surface area (Å²) in [4.78, 5) is 18.2. The molecule has 148 valence electrons. The molecule has 1 aliphatic rings. The first-order chi connectivity index (χ1) is 14.1. The molecule has 2 aromatic carbocycles. The SMILES string of the molecule is COc1ccc2c(c1)c1nc3n(c(=O)c1n2Cc1c(F)cccc1Cl)CCCS3. The number of fused-ring (bicyclic) bond motifs is 4. The summed E-state index contributed by atoms with van der Waals surface area (Å²) in [7, 11) is 1.60. The molecular formula is C21H17ClFN3O2S. The minimum atomic E-state index is -0.400. The van der Waals surface area contributed by atoms with Crippen LogP contribution < -0.4 is 10.3 Å². The largest absolute Gasteiger partial charge is 0.497 e. The maximum atomic E-state index is 14.5. The van der Waals surface area contributed by atoms with Crippen LogP contribution in [-0.4, -0.2) is 27.0 Å². The van der Waals surface area contributed by atoms with E-state index in [1.54, 1.807) is 35.6 Å². The van der Waals surface area contributed by atoms with E-state index in [2.05, 4.69) is 0 Å². The van der Waals surface area contributed by atoms with Crippen LogP contribution in [0.25, 0.3) is 21.9 Å². The Kier molecular flexibility index (Phi) is 4.52. The summed E-state index contributed by atoms with van der Waals surface area (Å²) in [5.74, 6) is 1.21. The second-order valence-corrected chi connectivity index (χ2v) is 8.39. The third kappa shape index (κ3) is 2.91. The summed E-state index contributed by atoms with van der Waals surface area (Å²) < 4.78 is 23.4. The van der Waals surface area contributed by atoms with Crippen LogP contribution in [0.1, 0.15) is 12.0 Å². The summed E-state index contributed by atoms with van der Waals surface area (Å²) in [6.07, 6.45) is 0.915. The molecule has 0 radical (unpaired) electrons. The molecule has 0 aliphatic carbocycles. The normalized spacial score (nSPS) is 13.8. The van der Waals surface area contributed by atoms with Crippen molar-refractivity contribution in [2.24, 2.45) is 0 Å². The molecule has 0 fully saturated rings. The van der Waals surface area contributed by atoms with Crippen LogP contribution >= 0.6 is 23.4 Å². The first-order valence-electron chi connectivity index (χ1n) is 9.25. The zero-order valence-corrected chi connectivity index (χ0v) is 17.2. The van der Waals surface area contributed by atoms with Crippen LogP contribution in [0, 0.1) is 5.82 Å². The molecule has 1 aliphatic heterocycles. The van der Waals surface area contributed by atoms with Crippen molar-refractivity contribution >= 4 is 45.3 Å². The minimum absolute atomic E-state index is 0.111. The fraction of sp³-hybridized carbons (Fsp3) is 0.238. The number of benzene rings is 2. The van der Waals surface area contributed by atoms with Crippen molar-refractivity contribution in [2.75, 3.05) is 12.9 Å². The van der Waals surface area contributed by atoms with E-state index in [1.807, 2.05) is 22.8 Å². The Morgan fingerprint density at radius 2 is 2.17 bits per heavy atom. The van der Waals surface area contributed by atoms with Crippen molar-refractivity contribution < 1.29 is 9.13 Å². The summed E-state index contributed by atoms with van der Waals surface area (Å²) in [6, 6.07) is 10.2. The monoisotopic (exact) mass is 429 g/mol. The molecule has 5 rings (SSSR count). The smallest absolute Gasteiger partial charge is 0.278 e. The van der Waals surface area contributed by atoms with Gasteiger partial charge in [-0.1, -0.05) is 29.4 Å². The number of rotatable bonds is 3. The van der Waals surface area contributed by atoms with Gasteiger partial charge in [-0.15, -0.1) is 0 Å². The van der Waals surface area contributed by atoms with Crippen molar-refractivity contribution in [2.45, 2.75) is 24.7 Å². The molecule has 0 saturated heterocycles. The van der Waals surface area contributed by atoms with Crippen LogP contribution in [0.5, 0.6) is 5.75 Å². The Bertz CT molecular complexity index is 1310. The number of nitrogens with zero attached hydrogens (tertiary/aromatic N) is 3. The molecule has 4 aromatic rings. The van der Waals surface area contributed by atoms with E-state index in [4.69, 9.17) is 21.3 Å².